The van der Waals surface area contributed by atoms with Crippen molar-refractivity contribution in [2.24, 2.45) is 0 Å². The summed E-state index contributed by atoms with van der Waals surface area (Å²) in [5.41, 5.74) is 6.01. The molecule has 7 nitrogen and oxygen atoms in total. The van der Waals surface area contributed by atoms with E-state index < -0.39 is 29.2 Å². The summed E-state index contributed by atoms with van der Waals surface area (Å²) in [4.78, 5) is 40.8. The molecule has 1 aromatic carbocycles. The summed E-state index contributed by atoms with van der Waals surface area (Å²) in [5, 5.41) is 2.22. The van der Waals surface area contributed by atoms with Crippen LogP contribution in [-0.2, 0) is 9.59 Å². The first-order valence-electron chi connectivity index (χ1n) is 7.19. The second-order valence-corrected chi connectivity index (χ2v) is 5.74. The zero-order chi connectivity index (χ0) is 17.8. The van der Waals surface area contributed by atoms with Crippen molar-refractivity contribution >= 4 is 62.9 Å². The smallest absolute Gasteiger partial charge is 0.264 e. The van der Waals surface area contributed by atoms with Gasteiger partial charge < -0.3 is 5.73 Å². The van der Waals surface area contributed by atoms with Gasteiger partial charge in [-0.2, -0.15) is 0 Å². The maximum atomic E-state index is 12.9. The number of rotatable bonds is 1. The van der Waals surface area contributed by atoms with Crippen LogP contribution in [0.5, 0.6) is 0 Å². The predicted molar refractivity (Wildman–Crippen MR) is 92.2 cm³/mol. The van der Waals surface area contributed by atoms with Gasteiger partial charge in [-0.1, -0.05) is 10.9 Å². The number of nitrogen functional groups attached to an aromatic ring is 1. The molecule has 6 radical (unpaired) electrons. The lowest BCUT2D eigenvalue weighted by Gasteiger charge is -2.28. The van der Waals surface area contributed by atoms with Crippen LogP contribution >= 0.6 is 0 Å². The molecule has 2 heterocycles. The quantitative estimate of drug-likeness (QED) is 0.341. The molecule has 0 spiro atoms. The zero-order valence-corrected chi connectivity index (χ0v) is 12.9. The minimum Gasteiger partial charge on any atom is -0.398 e. The topological polar surface area (TPSA) is 107 Å². The van der Waals surface area contributed by atoms with E-state index in [2.05, 4.69) is 10.3 Å². The lowest BCUT2D eigenvalue weighted by Crippen LogP contribution is -2.48. The Labute approximate surface area is 141 Å². The largest absolute Gasteiger partial charge is 0.398 e. The third kappa shape index (κ3) is 2.33. The monoisotopic (exact) mass is 316 g/mol. The van der Waals surface area contributed by atoms with Crippen molar-refractivity contribution in [3.8, 4) is 0 Å². The molecule has 114 valence electrons. The molecule has 24 heavy (non-hydrogen) atoms. The maximum absolute atomic E-state index is 12.9. The standard InChI is InChI=1S/C14H11B3N4O3/c1-4-19-11-9(7(18)2-5(15)10(11)17)14(24)21(4)8-3-6(16)12(22)20-13(8)23/h2,6,8H,3,18H2,1H3,(H,20,22,23). The molecule has 1 fully saturated rings. The number of imide groups is 1. The number of fused-ring (bicyclic) bond motifs is 1. The average molecular weight is 316 g/mol. The van der Waals surface area contributed by atoms with Gasteiger partial charge in [-0.25, -0.2) is 4.98 Å². The molecule has 1 aliphatic heterocycles. The van der Waals surface area contributed by atoms with E-state index in [1.165, 1.54) is 10.6 Å². The molecular weight excluding hydrogens is 305 g/mol. The van der Waals surface area contributed by atoms with Crippen molar-refractivity contribution in [1.29, 1.82) is 0 Å². The Kier molecular flexibility index (Phi) is 3.78. The predicted octanol–water partition coefficient (Wildman–Crippen LogP) is -2.58. The molecule has 3 N–H and O–H groups in total. The number of aryl methyl sites for hydroxylation is 1. The molecule has 0 aliphatic carbocycles. The van der Waals surface area contributed by atoms with Gasteiger partial charge in [0.05, 0.1) is 18.7 Å². The second kappa shape index (κ2) is 5.54. The number of benzene rings is 1. The van der Waals surface area contributed by atoms with Gasteiger partial charge in [-0.15, -0.1) is 0 Å². The van der Waals surface area contributed by atoms with Gasteiger partial charge >= 0.3 is 0 Å². The molecule has 3 rings (SSSR count). The highest BCUT2D eigenvalue weighted by Crippen LogP contribution is 2.25. The van der Waals surface area contributed by atoms with E-state index in [1.807, 2.05) is 0 Å². The Bertz CT molecular complexity index is 957. The number of amides is 2. The first-order valence-corrected chi connectivity index (χ1v) is 7.19. The van der Waals surface area contributed by atoms with Crippen molar-refractivity contribution in [1.82, 2.24) is 14.9 Å². The van der Waals surface area contributed by atoms with Crippen molar-refractivity contribution in [2.75, 3.05) is 5.73 Å². The summed E-state index contributed by atoms with van der Waals surface area (Å²) in [5.74, 6) is -1.85. The number of nitrogens with two attached hydrogens (primary N) is 1. The SMILES string of the molecule is [B]c1cc(N)c2c(=O)n(C3CC([B])C(=O)NC3=O)c(C)nc2c1[B]. The van der Waals surface area contributed by atoms with Crippen molar-refractivity contribution in [2.45, 2.75) is 25.2 Å². The second-order valence-electron chi connectivity index (χ2n) is 5.74. The van der Waals surface area contributed by atoms with Crippen LogP contribution in [0.3, 0.4) is 0 Å². The minimum absolute atomic E-state index is 0.0110. The van der Waals surface area contributed by atoms with Crippen LogP contribution in [0.1, 0.15) is 18.3 Å². The summed E-state index contributed by atoms with van der Waals surface area (Å²) in [7, 11) is 17.3. The number of nitrogens with one attached hydrogen (secondary N) is 1. The Morgan fingerprint density at radius 2 is 1.96 bits per heavy atom. The summed E-state index contributed by atoms with van der Waals surface area (Å²) in [6, 6.07) is 0.414. The first-order chi connectivity index (χ1) is 11.2. The zero-order valence-electron chi connectivity index (χ0n) is 12.9. The molecule has 2 unspecified atom stereocenters. The molecule has 2 amide bonds. The van der Waals surface area contributed by atoms with Gasteiger partial charge in [0.2, 0.25) is 11.8 Å². The fourth-order valence-electron chi connectivity index (χ4n) is 2.89. The van der Waals surface area contributed by atoms with Gasteiger partial charge in [0.15, 0.2) is 0 Å². The fourth-order valence-corrected chi connectivity index (χ4v) is 2.89. The number of nitrogens with zero attached hydrogens (tertiary/aromatic N) is 2. The van der Waals surface area contributed by atoms with Crippen molar-refractivity contribution in [3.05, 3.63) is 22.2 Å². The molecule has 2 atom stereocenters. The molecule has 1 saturated heterocycles. The van der Waals surface area contributed by atoms with Crippen LogP contribution in [0.2, 0.25) is 5.82 Å². The lowest BCUT2D eigenvalue weighted by atomic mass is 9.78. The third-order valence-corrected chi connectivity index (χ3v) is 4.13. The molecule has 0 bridgehead atoms. The summed E-state index contributed by atoms with van der Waals surface area (Å²) >= 11 is 0. The van der Waals surface area contributed by atoms with Gasteiger partial charge in [-0.05, 0) is 19.4 Å². The lowest BCUT2D eigenvalue weighted by molar-refractivity contribution is -0.135. The Hall–Kier alpha value is -2.51. The van der Waals surface area contributed by atoms with Crippen LogP contribution in [-0.4, -0.2) is 44.9 Å². The summed E-state index contributed by atoms with van der Waals surface area (Å²) < 4.78 is 1.18. The molecule has 0 saturated carbocycles. The number of aromatic nitrogens is 2. The van der Waals surface area contributed by atoms with E-state index in [0.717, 1.165) is 0 Å². The van der Waals surface area contributed by atoms with E-state index in [4.69, 9.17) is 29.3 Å². The fraction of sp³-hybridized carbons (Fsp3) is 0.286. The number of hydrogen-bond donors (Lipinski definition) is 2. The van der Waals surface area contributed by atoms with Gasteiger partial charge in [-0.3, -0.25) is 24.3 Å². The van der Waals surface area contributed by atoms with Gasteiger partial charge in [0.25, 0.3) is 5.56 Å². The van der Waals surface area contributed by atoms with Crippen molar-refractivity contribution in [3.63, 3.8) is 0 Å². The van der Waals surface area contributed by atoms with E-state index in [0.29, 0.717) is 0 Å². The van der Waals surface area contributed by atoms with Crippen LogP contribution in [0, 0.1) is 6.92 Å². The molecular formula is C14H11B3N4O3. The maximum Gasteiger partial charge on any atom is 0.264 e. The van der Waals surface area contributed by atoms with E-state index in [-0.39, 0.29) is 39.8 Å². The Balaban J connectivity index is 2.29. The Morgan fingerprint density at radius 3 is 2.62 bits per heavy atom. The highest BCUT2D eigenvalue weighted by Gasteiger charge is 2.34. The highest BCUT2D eigenvalue weighted by molar-refractivity contribution is 6.52. The minimum atomic E-state index is -0.958. The molecule has 10 heteroatoms. The van der Waals surface area contributed by atoms with Gasteiger partial charge in [0.1, 0.15) is 27.6 Å². The normalized spacial score (nSPS) is 21.0. The molecule has 2 aromatic rings. The number of piperidine rings is 1. The van der Waals surface area contributed by atoms with Crippen LogP contribution < -0.4 is 27.5 Å². The highest BCUT2D eigenvalue weighted by atomic mass is 16.2. The van der Waals surface area contributed by atoms with Crippen LogP contribution in [0.4, 0.5) is 5.69 Å². The average Bonchev–Trinajstić information content (AvgIpc) is 2.49. The van der Waals surface area contributed by atoms with Crippen molar-refractivity contribution < 1.29 is 9.59 Å². The van der Waals surface area contributed by atoms with Gasteiger partial charge in [0, 0.05) is 11.5 Å². The molecule has 1 aliphatic rings. The summed E-state index contributed by atoms with van der Waals surface area (Å²) in [6.07, 6.45) is -0.0110. The van der Waals surface area contributed by atoms with Crippen LogP contribution in [0.25, 0.3) is 10.9 Å². The number of carbonyl (C=O) groups is 2. The van der Waals surface area contributed by atoms with Crippen LogP contribution in [0.15, 0.2) is 10.9 Å². The van der Waals surface area contributed by atoms with E-state index in [9.17, 15) is 14.4 Å². The third-order valence-electron chi connectivity index (χ3n) is 4.13. The summed E-state index contributed by atoms with van der Waals surface area (Å²) in [6.45, 7) is 1.55. The number of hydrogen-bond acceptors (Lipinski definition) is 5. The number of anilines is 1. The van der Waals surface area contributed by atoms with E-state index >= 15 is 0 Å². The number of carbonyl (C=O) groups excluding carboxylic acids is 2. The van der Waals surface area contributed by atoms with E-state index in [1.54, 1.807) is 6.92 Å². The molecule has 1 aromatic heterocycles. The first kappa shape index (κ1) is 16.4. The Morgan fingerprint density at radius 1 is 1.29 bits per heavy atom.